The molecule has 1 aliphatic rings. The fourth-order valence-electron chi connectivity index (χ4n) is 2.90. The Hall–Kier alpha value is -1.75. The van der Waals surface area contributed by atoms with E-state index < -0.39 is 41.8 Å². The van der Waals surface area contributed by atoms with Crippen LogP contribution in [0.15, 0.2) is 20.8 Å². The van der Waals surface area contributed by atoms with E-state index in [0.717, 1.165) is 19.3 Å². The summed E-state index contributed by atoms with van der Waals surface area (Å²) in [7, 11) is 0. The third-order valence-corrected chi connectivity index (χ3v) is 4.85. The van der Waals surface area contributed by atoms with Gasteiger partial charge in [-0.3, -0.25) is 14.3 Å². The van der Waals surface area contributed by atoms with Crippen LogP contribution in [0.5, 0.6) is 0 Å². The van der Waals surface area contributed by atoms with Gasteiger partial charge in [-0.05, 0) is 24.4 Å². The number of hydrogen-bond acceptors (Lipinski definition) is 7. The molecular weight excluding hydrogens is 448 g/mol. The van der Waals surface area contributed by atoms with E-state index in [1.165, 1.54) is 21.8 Å². The zero-order valence-electron chi connectivity index (χ0n) is 16.5. The van der Waals surface area contributed by atoms with Gasteiger partial charge in [0, 0.05) is 19.2 Å². The fraction of sp³-hybridized carbons (Fsp3) is 0.632. The summed E-state index contributed by atoms with van der Waals surface area (Å²) in [5, 5.41) is 10.2. The topological polar surface area (TPSA) is 120 Å². The maximum absolute atomic E-state index is 12.1. The average Bonchev–Trinajstić information content (AvgIpc) is 3.05. The number of nitrogens with zero attached hydrogens (tertiary/aromatic N) is 1. The van der Waals surface area contributed by atoms with E-state index in [4.69, 9.17) is 14.2 Å². The van der Waals surface area contributed by atoms with Crippen LogP contribution in [0.4, 0.5) is 0 Å². The van der Waals surface area contributed by atoms with Crippen molar-refractivity contribution in [2.75, 3.05) is 13.2 Å². The molecule has 0 aliphatic carbocycles. The summed E-state index contributed by atoms with van der Waals surface area (Å²) < 4.78 is 17.5. The number of aliphatic hydroxyl groups is 1. The van der Waals surface area contributed by atoms with Gasteiger partial charge in [-0.25, -0.2) is 9.59 Å². The number of aromatic amines is 1. The van der Waals surface area contributed by atoms with Gasteiger partial charge in [-0.15, -0.1) is 0 Å². The Balaban J connectivity index is 1.93. The minimum absolute atomic E-state index is 0.120. The Bertz CT molecular complexity index is 820. The van der Waals surface area contributed by atoms with E-state index in [1.54, 1.807) is 6.92 Å². The van der Waals surface area contributed by atoms with Gasteiger partial charge in [0.05, 0.1) is 11.7 Å². The molecule has 0 saturated carbocycles. The molecule has 1 aromatic rings. The van der Waals surface area contributed by atoms with Gasteiger partial charge >= 0.3 is 11.7 Å². The quantitative estimate of drug-likeness (QED) is 0.390. The Kier molecular flexibility index (Phi) is 9.28. The van der Waals surface area contributed by atoms with E-state index in [9.17, 15) is 19.5 Å². The van der Waals surface area contributed by atoms with Gasteiger partial charge in [0.15, 0.2) is 6.10 Å². The molecule has 29 heavy (non-hydrogen) atoms. The zero-order valence-corrected chi connectivity index (χ0v) is 18.1. The van der Waals surface area contributed by atoms with Crippen molar-refractivity contribution < 1.29 is 24.1 Å². The SMILES string of the molecule is CCCCCOC(C)C(=O)OC[C@@H]1O[C@H](n2cc(/C=C/Br)c(=O)[nH]c2=O)CC1O. The van der Waals surface area contributed by atoms with Crippen LogP contribution in [-0.4, -0.2) is 52.2 Å². The number of unbranched alkanes of at least 4 members (excludes halogenated alkanes) is 2. The Morgan fingerprint density at radius 2 is 2.24 bits per heavy atom. The third-order valence-electron chi connectivity index (χ3n) is 4.59. The molecule has 2 N–H and O–H groups in total. The van der Waals surface area contributed by atoms with E-state index in [-0.39, 0.29) is 18.6 Å². The lowest BCUT2D eigenvalue weighted by molar-refractivity contribution is -0.162. The van der Waals surface area contributed by atoms with Crippen molar-refractivity contribution in [1.29, 1.82) is 0 Å². The summed E-state index contributed by atoms with van der Waals surface area (Å²) in [5.41, 5.74) is -0.923. The number of rotatable bonds is 10. The molecule has 2 unspecified atom stereocenters. The average molecular weight is 475 g/mol. The van der Waals surface area contributed by atoms with Crippen molar-refractivity contribution in [3.63, 3.8) is 0 Å². The number of esters is 1. The first-order valence-corrected chi connectivity index (χ1v) is 10.5. The zero-order chi connectivity index (χ0) is 21.4. The van der Waals surface area contributed by atoms with Gasteiger partial charge in [0.2, 0.25) is 0 Å². The van der Waals surface area contributed by atoms with Crippen LogP contribution in [0.1, 0.15) is 51.3 Å². The number of nitrogens with one attached hydrogen (secondary N) is 1. The molecule has 4 atom stereocenters. The van der Waals surface area contributed by atoms with Gasteiger partial charge in [0.25, 0.3) is 5.56 Å². The van der Waals surface area contributed by atoms with Crippen molar-refractivity contribution in [3.05, 3.63) is 37.6 Å². The summed E-state index contributed by atoms with van der Waals surface area (Å²) in [6, 6.07) is 0. The minimum atomic E-state index is -0.928. The number of carbonyl (C=O) groups is 1. The summed E-state index contributed by atoms with van der Waals surface area (Å²) in [6.07, 6.45) is 2.72. The molecule has 0 spiro atoms. The predicted octanol–water partition coefficient (Wildman–Crippen LogP) is 1.69. The summed E-state index contributed by atoms with van der Waals surface area (Å²) in [5.74, 6) is -0.535. The molecule has 1 saturated heterocycles. The number of aromatic nitrogens is 2. The fourth-order valence-corrected chi connectivity index (χ4v) is 3.18. The lowest BCUT2D eigenvalue weighted by Crippen LogP contribution is -2.34. The second-order valence-electron chi connectivity index (χ2n) is 6.83. The highest BCUT2D eigenvalue weighted by Gasteiger charge is 2.36. The van der Waals surface area contributed by atoms with Gasteiger partial charge in [-0.2, -0.15) is 0 Å². The molecule has 162 valence electrons. The van der Waals surface area contributed by atoms with Crippen LogP contribution in [0.25, 0.3) is 6.08 Å². The number of halogens is 1. The predicted molar refractivity (Wildman–Crippen MR) is 110 cm³/mol. The molecule has 0 amide bonds. The molecule has 1 fully saturated rings. The Labute approximate surface area is 176 Å². The maximum atomic E-state index is 12.1. The molecule has 1 aliphatic heterocycles. The van der Waals surface area contributed by atoms with Crippen LogP contribution in [-0.2, 0) is 19.0 Å². The van der Waals surface area contributed by atoms with Crippen molar-refractivity contribution in [2.24, 2.45) is 0 Å². The smallest absolute Gasteiger partial charge is 0.335 e. The highest BCUT2D eigenvalue weighted by molar-refractivity contribution is 9.11. The van der Waals surface area contributed by atoms with Crippen molar-refractivity contribution in [1.82, 2.24) is 9.55 Å². The van der Waals surface area contributed by atoms with Gasteiger partial charge in [-0.1, -0.05) is 35.7 Å². The van der Waals surface area contributed by atoms with Crippen LogP contribution in [0, 0.1) is 0 Å². The summed E-state index contributed by atoms with van der Waals surface area (Å²) in [4.78, 5) is 39.6. The first-order chi connectivity index (χ1) is 13.9. The molecule has 9 nitrogen and oxygen atoms in total. The largest absolute Gasteiger partial charge is 0.461 e. The molecule has 10 heteroatoms. The lowest BCUT2D eigenvalue weighted by atomic mass is 10.2. The number of carbonyl (C=O) groups excluding carboxylic acids is 1. The number of hydrogen-bond donors (Lipinski definition) is 2. The molecule has 0 radical (unpaired) electrons. The molecule has 0 aromatic carbocycles. The van der Waals surface area contributed by atoms with E-state index in [0.29, 0.717) is 6.61 Å². The second kappa shape index (κ2) is 11.4. The van der Waals surface area contributed by atoms with E-state index in [1.807, 2.05) is 0 Å². The number of H-pyrrole nitrogens is 1. The summed E-state index contributed by atoms with van der Waals surface area (Å²) in [6.45, 7) is 4.01. The van der Waals surface area contributed by atoms with E-state index >= 15 is 0 Å². The van der Waals surface area contributed by atoms with Crippen molar-refractivity contribution in [2.45, 2.75) is 64.1 Å². The first-order valence-electron chi connectivity index (χ1n) is 9.61. The second-order valence-corrected chi connectivity index (χ2v) is 7.35. The Morgan fingerprint density at radius 3 is 2.93 bits per heavy atom. The monoisotopic (exact) mass is 474 g/mol. The number of aliphatic hydroxyl groups excluding tert-OH is 1. The van der Waals surface area contributed by atoms with Gasteiger partial charge in [0.1, 0.15) is 18.9 Å². The minimum Gasteiger partial charge on any atom is -0.461 e. The van der Waals surface area contributed by atoms with Crippen molar-refractivity contribution in [3.8, 4) is 0 Å². The standard InChI is InChI=1S/C19H27BrN2O7/c1-3-4-5-8-27-12(2)18(25)28-11-15-14(23)9-16(29-15)22-10-13(6-7-20)17(24)21-19(22)26/h6-7,10,12,14-16,23H,3-5,8-9,11H2,1-2H3,(H,21,24,26)/b7-6+/t12?,14?,15-,16-/m0/s1. The van der Waals surface area contributed by atoms with Crippen LogP contribution in [0.3, 0.4) is 0 Å². The molecule has 1 aromatic heterocycles. The molecule has 2 heterocycles. The number of ether oxygens (including phenoxy) is 3. The molecular formula is C19H27BrN2O7. The highest BCUT2D eigenvalue weighted by atomic mass is 79.9. The highest BCUT2D eigenvalue weighted by Crippen LogP contribution is 2.28. The van der Waals surface area contributed by atoms with Crippen LogP contribution < -0.4 is 11.2 Å². The molecule has 0 bridgehead atoms. The normalized spacial score (nSPS) is 22.8. The van der Waals surface area contributed by atoms with Crippen LogP contribution in [0.2, 0.25) is 0 Å². The summed E-state index contributed by atoms with van der Waals surface area (Å²) >= 11 is 3.08. The molecule has 2 rings (SSSR count). The Morgan fingerprint density at radius 1 is 1.48 bits per heavy atom. The van der Waals surface area contributed by atoms with E-state index in [2.05, 4.69) is 27.8 Å². The van der Waals surface area contributed by atoms with Crippen LogP contribution >= 0.6 is 15.9 Å². The third kappa shape index (κ3) is 6.63. The lowest BCUT2D eigenvalue weighted by Gasteiger charge is -2.18. The maximum Gasteiger partial charge on any atom is 0.335 e. The first kappa shape index (κ1) is 23.5. The van der Waals surface area contributed by atoms with Gasteiger partial charge < -0.3 is 19.3 Å². The van der Waals surface area contributed by atoms with Crippen molar-refractivity contribution >= 4 is 28.0 Å².